The van der Waals surface area contributed by atoms with Gasteiger partial charge >= 0.3 is 16.4 Å². The van der Waals surface area contributed by atoms with E-state index in [0.29, 0.717) is 6.42 Å². The maximum Gasteiger partial charge on any atom is 0.397 e. The van der Waals surface area contributed by atoms with Gasteiger partial charge in [-0.15, -0.1) is 0 Å². The van der Waals surface area contributed by atoms with Crippen LogP contribution >= 0.6 is 0 Å². The Morgan fingerprint density at radius 1 is 0.897 bits per heavy atom. The van der Waals surface area contributed by atoms with E-state index in [2.05, 4.69) is 21.7 Å². The first-order valence-electron chi connectivity index (χ1n) is 10.1. The number of hydrogen-bond donors (Lipinski definition) is 3. The standard InChI is InChI=1S/C18H32N2O8S/c1-2-3-4-5-6-7-8-9-10-11-16(21)27-12-14-17(22)20-15(18(23)19-14)13-28-29(24,25)26/h14-15H,2-13H2,1H3,(H,19,23)(H,20,22)(H,24,25,26)/t14-,15-/m0/s1. The first-order chi connectivity index (χ1) is 13.7. The quantitative estimate of drug-likeness (QED) is 0.197. The zero-order valence-electron chi connectivity index (χ0n) is 16.9. The molecule has 3 N–H and O–H groups in total. The summed E-state index contributed by atoms with van der Waals surface area (Å²) in [6.45, 7) is 1.15. The molecule has 0 aliphatic carbocycles. The minimum Gasteiger partial charge on any atom is -0.463 e. The molecule has 1 aliphatic heterocycles. The lowest BCUT2D eigenvalue weighted by Gasteiger charge is -2.28. The van der Waals surface area contributed by atoms with Crippen LogP contribution in [0.3, 0.4) is 0 Å². The SMILES string of the molecule is CCCCCCCCCCCC(=O)OC[C@@H]1NC(=O)[C@H](COS(=O)(=O)O)NC1=O. The first kappa shape index (κ1) is 25.3. The molecule has 10 nitrogen and oxygen atoms in total. The molecule has 0 bridgehead atoms. The third kappa shape index (κ3) is 11.8. The molecule has 0 unspecified atom stereocenters. The fraction of sp³-hybridized carbons (Fsp3) is 0.833. The molecule has 2 amide bonds. The van der Waals surface area contributed by atoms with Gasteiger partial charge in [-0.2, -0.15) is 8.42 Å². The van der Waals surface area contributed by atoms with Crippen LogP contribution in [0.25, 0.3) is 0 Å². The average Bonchev–Trinajstić information content (AvgIpc) is 2.65. The van der Waals surface area contributed by atoms with E-state index in [1.165, 1.54) is 32.1 Å². The highest BCUT2D eigenvalue weighted by Gasteiger charge is 2.35. The smallest absolute Gasteiger partial charge is 0.397 e. The Kier molecular flexibility index (Phi) is 11.8. The fourth-order valence-corrected chi connectivity index (χ4v) is 3.20. The summed E-state index contributed by atoms with van der Waals surface area (Å²) in [5, 5.41) is 4.58. The van der Waals surface area contributed by atoms with E-state index < -0.39 is 46.9 Å². The van der Waals surface area contributed by atoms with E-state index >= 15 is 0 Å². The van der Waals surface area contributed by atoms with Gasteiger partial charge in [-0.3, -0.25) is 18.9 Å². The molecule has 11 heteroatoms. The van der Waals surface area contributed by atoms with Crippen LogP contribution in [-0.4, -0.2) is 56.1 Å². The van der Waals surface area contributed by atoms with Crippen LogP contribution < -0.4 is 10.6 Å². The highest BCUT2D eigenvalue weighted by atomic mass is 32.3. The van der Waals surface area contributed by atoms with E-state index in [1.807, 2.05) is 0 Å². The highest BCUT2D eigenvalue weighted by molar-refractivity contribution is 7.80. The number of carbonyl (C=O) groups is 3. The summed E-state index contributed by atoms with van der Waals surface area (Å²) in [7, 11) is -4.72. The average molecular weight is 437 g/mol. The van der Waals surface area contributed by atoms with Crippen molar-refractivity contribution in [1.82, 2.24) is 10.6 Å². The Morgan fingerprint density at radius 2 is 1.38 bits per heavy atom. The van der Waals surface area contributed by atoms with Gasteiger partial charge in [-0.05, 0) is 6.42 Å². The van der Waals surface area contributed by atoms with Crippen molar-refractivity contribution in [3.05, 3.63) is 0 Å². The molecule has 0 aromatic carbocycles. The molecule has 0 saturated carbocycles. The van der Waals surface area contributed by atoms with Gasteiger partial charge in [0.05, 0.1) is 6.61 Å². The largest absolute Gasteiger partial charge is 0.463 e. The predicted octanol–water partition coefficient (Wildman–Crippen LogP) is 1.25. The second kappa shape index (κ2) is 13.5. The highest BCUT2D eigenvalue weighted by Crippen LogP contribution is 2.11. The van der Waals surface area contributed by atoms with Crippen molar-refractivity contribution in [2.75, 3.05) is 13.2 Å². The lowest BCUT2D eigenvalue weighted by atomic mass is 10.1. The van der Waals surface area contributed by atoms with Crippen molar-refractivity contribution >= 4 is 28.2 Å². The number of nitrogens with one attached hydrogen (secondary N) is 2. The zero-order chi connectivity index (χ0) is 21.7. The van der Waals surface area contributed by atoms with Crippen molar-refractivity contribution in [3.8, 4) is 0 Å². The predicted molar refractivity (Wildman–Crippen MR) is 104 cm³/mol. The number of unbranched alkanes of at least 4 members (excludes halogenated alkanes) is 8. The molecule has 1 fully saturated rings. The molecule has 1 saturated heterocycles. The molecule has 1 aliphatic rings. The molecule has 0 radical (unpaired) electrons. The molecule has 2 atom stereocenters. The van der Waals surface area contributed by atoms with Crippen LogP contribution in [0.2, 0.25) is 0 Å². The summed E-state index contributed by atoms with van der Waals surface area (Å²) >= 11 is 0. The molecule has 1 heterocycles. The molecule has 0 spiro atoms. The Morgan fingerprint density at radius 3 is 1.90 bits per heavy atom. The van der Waals surface area contributed by atoms with Crippen LogP contribution in [0, 0.1) is 0 Å². The van der Waals surface area contributed by atoms with Crippen LogP contribution in [0.15, 0.2) is 0 Å². The Balaban J connectivity index is 2.15. The normalized spacial score (nSPS) is 19.5. The summed E-state index contributed by atoms with van der Waals surface area (Å²) in [5.41, 5.74) is 0. The summed E-state index contributed by atoms with van der Waals surface area (Å²) in [6.07, 6.45) is 10.4. The number of rotatable bonds is 15. The van der Waals surface area contributed by atoms with E-state index in [4.69, 9.17) is 9.29 Å². The van der Waals surface area contributed by atoms with Gasteiger partial charge in [0.2, 0.25) is 11.8 Å². The van der Waals surface area contributed by atoms with E-state index in [9.17, 15) is 22.8 Å². The summed E-state index contributed by atoms with van der Waals surface area (Å²) < 4.78 is 38.7. The number of carbonyl (C=O) groups excluding carboxylic acids is 3. The lowest BCUT2D eigenvalue weighted by Crippen LogP contribution is -2.64. The molecule has 168 valence electrons. The van der Waals surface area contributed by atoms with E-state index in [0.717, 1.165) is 19.3 Å². The van der Waals surface area contributed by atoms with Crippen molar-refractivity contribution in [3.63, 3.8) is 0 Å². The third-order valence-electron chi connectivity index (χ3n) is 4.55. The zero-order valence-corrected chi connectivity index (χ0v) is 17.7. The first-order valence-corrected chi connectivity index (χ1v) is 11.5. The second-order valence-electron chi connectivity index (χ2n) is 7.10. The van der Waals surface area contributed by atoms with Crippen LogP contribution in [0.1, 0.15) is 71.1 Å². The maximum atomic E-state index is 11.9. The summed E-state index contributed by atoms with van der Waals surface area (Å²) in [6, 6.07) is -2.32. The molecule has 29 heavy (non-hydrogen) atoms. The molecular formula is C18H32N2O8S. The van der Waals surface area contributed by atoms with Gasteiger partial charge in [0, 0.05) is 6.42 Å². The van der Waals surface area contributed by atoms with E-state index in [1.54, 1.807) is 0 Å². The summed E-state index contributed by atoms with van der Waals surface area (Å²) in [4.78, 5) is 35.6. The van der Waals surface area contributed by atoms with Gasteiger partial charge in [-0.1, -0.05) is 58.3 Å². The van der Waals surface area contributed by atoms with E-state index in [-0.39, 0.29) is 13.0 Å². The lowest BCUT2D eigenvalue weighted by molar-refractivity contribution is -0.148. The van der Waals surface area contributed by atoms with Crippen LogP contribution in [0.5, 0.6) is 0 Å². The Labute approximate surface area is 172 Å². The minimum atomic E-state index is -4.72. The van der Waals surface area contributed by atoms with Crippen molar-refractivity contribution in [1.29, 1.82) is 0 Å². The number of piperazine rings is 1. The minimum absolute atomic E-state index is 0.253. The van der Waals surface area contributed by atoms with Crippen molar-refractivity contribution in [2.45, 2.75) is 83.2 Å². The number of hydrogen-bond acceptors (Lipinski definition) is 7. The molecule has 0 aromatic rings. The Hall–Kier alpha value is -1.72. The maximum absolute atomic E-state index is 11.9. The van der Waals surface area contributed by atoms with Gasteiger partial charge in [0.15, 0.2) is 0 Å². The number of ether oxygens (including phenoxy) is 1. The van der Waals surface area contributed by atoms with Gasteiger partial charge in [0.1, 0.15) is 18.7 Å². The van der Waals surface area contributed by atoms with Crippen molar-refractivity contribution < 1.29 is 36.3 Å². The van der Waals surface area contributed by atoms with Crippen molar-refractivity contribution in [2.24, 2.45) is 0 Å². The topological polar surface area (TPSA) is 148 Å². The second-order valence-corrected chi connectivity index (χ2v) is 8.19. The van der Waals surface area contributed by atoms with Gasteiger partial charge in [0.25, 0.3) is 0 Å². The monoisotopic (exact) mass is 436 g/mol. The molecular weight excluding hydrogens is 404 g/mol. The number of amides is 2. The Bertz CT molecular complexity index is 638. The molecule has 0 aromatic heterocycles. The van der Waals surface area contributed by atoms with Gasteiger partial charge in [-0.25, -0.2) is 4.18 Å². The van der Waals surface area contributed by atoms with Crippen LogP contribution in [0.4, 0.5) is 0 Å². The number of esters is 1. The van der Waals surface area contributed by atoms with Crippen LogP contribution in [-0.2, 0) is 33.7 Å². The third-order valence-corrected chi connectivity index (χ3v) is 4.98. The summed E-state index contributed by atoms with van der Waals surface area (Å²) in [5.74, 6) is -1.77. The fourth-order valence-electron chi connectivity index (χ4n) is 2.89. The van der Waals surface area contributed by atoms with Gasteiger partial charge < -0.3 is 15.4 Å². The molecule has 1 rings (SSSR count).